The second-order valence-electron chi connectivity index (χ2n) is 6.26. The van der Waals surface area contributed by atoms with Crippen LogP contribution in [0, 0.1) is 23.7 Å². The van der Waals surface area contributed by atoms with E-state index in [1.165, 1.54) is 7.11 Å². The normalized spacial score (nSPS) is 34.6. The summed E-state index contributed by atoms with van der Waals surface area (Å²) in [6, 6.07) is 5.06. The standard InChI is InChI=1S/C16H16ClNO4/c1-21-11-3-2-8(17)6-10(11)18-15(19)13-7-4-9-12(5-7)22-16(20)14(9)13/h2-3,6-7,9,12-14H,4-5H2,1H3,(H,18,19)/t7-,9+,12-,13-,14-/m1/s1. The third kappa shape index (κ3) is 1.92. The molecule has 1 saturated heterocycles. The van der Waals surface area contributed by atoms with Gasteiger partial charge in [-0.3, -0.25) is 9.59 Å². The van der Waals surface area contributed by atoms with E-state index in [9.17, 15) is 9.59 Å². The van der Waals surface area contributed by atoms with Crippen molar-refractivity contribution in [3.8, 4) is 5.75 Å². The number of benzene rings is 1. The molecule has 1 aromatic rings. The van der Waals surface area contributed by atoms with Gasteiger partial charge in [-0.1, -0.05) is 11.6 Å². The second-order valence-corrected chi connectivity index (χ2v) is 6.69. The number of ether oxygens (including phenoxy) is 2. The zero-order chi connectivity index (χ0) is 15.4. The molecular formula is C16H16ClNO4. The summed E-state index contributed by atoms with van der Waals surface area (Å²) in [5.74, 6) is 0.0522. The smallest absolute Gasteiger partial charge is 0.310 e. The summed E-state index contributed by atoms with van der Waals surface area (Å²) < 4.78 is 10.6. The van der Waals surface area contributed by atoms with Gasteiger partial charge in [0.2, 0.25) is 5.91 Å². The van der Waals surface area contributed by atoms with Gasteiger partial charge in [0.05, 0.1) is 24.6 Å². The quantitative estimate of drug-likeness (QED) is 0.869. The number of esters is 1. The minimum atomic E-state index is -0.306. The highest BCUT2D eigenvalue weighted by atomic mass is 35.5. The minimum absolute atomic E-state index is 0.0345. The number of hydrogen-bond acceptors (Lipinski definition) is 4. The maximum absolute atomic E-state index is 12.7. The van der Waals surface area contributed by atoms with Crippen molar-refractivity contribution < 1.29 is 19.1 Å². The number of rotatable bonds is 3. The van der Waals surface area contributed by atoms with Gasteiger partial charge in [-0.15, -0.1) is 0 Å². The molecule has 0 spiro atoms. The van der Waals surface area contributed by atoms with Crippen LogP contribution in [-0.2, 0) is 14.3 Å². The summed E-state index contributed by atoms with van der Waals surface area (Å²) in [5.41, 5.74) is 0.533. The van der Waals surface area contributed by atoms with Crippen molar-refractivity contribution in [1.29, 1.82) is 0 Å². The van der Waals surface area contributed by atoms with Crippen LogP contribution in [0.3, 0.4) is 0 Å². The minimum Gasteiger partial charge on any atom is -0.495 e. The maximum Gasteiger partial charge on any atom is 0.310 e. The Morgan fingerprint density at radius 2 is 2.23 bits per heavy atom. The first-order valence-electron chi connectivity index (χ1n) is 7.43. The molecule has 4 rings (SSSR count). The van der Waals surface area contributed by atoms with E-state index in [0.717, 1.165) is 12.8 Å². The summed E-state index contributed by atoms with van der Waals surface area (Å²) in [4.78, 5) is 24.7. The van der Waals surface area contributed by atoms with E-state index >= 15 is 0 Å². The number of hydrogen-bond donors (Lipinski definition) is 1. The molecule has 0 unspecified atom stereocenters. The van der Waals surface area contributed by atoms with E-state index < -0.39 is 0 Å². The van der Waals surface area contributed by atoms with E-state index in [2.05, 4.69) is 5.32 Å². The first kappa shape index (κ1) is 13.9. The van der Waals surface area contributed by atoms with Crippen molar-refractivity contribution in [1.82, 2.24) is 0 Å². The summed E-state index contributed by atoms with van der Waals surface area (Å²) in [6.45, 7) is 0. The maximum atomic E-state index is 12.7. The number of halogens is 1. The fourth-order valence-corrected chi connectivity index (χ4v) is 4.53. The molecule has 3 aliphatic rings. The van der Waals surface area contributed by atoms with E-state index in [1.807, 2.05) is 0 Å². The number of anilines is 1. The highest BCUT2D eigenvalue weighted by Gasteiger charge is 2.63. The van der Waals surface area contributed by atoms with Crippen molar-refractivity contribution in [3.63, 3.8) is 0 Å². The van der Waals surface area contributed by atoms with Crippen LogP contribution in [-0.4, -0.2) is 25.1 Å². The lowest BCUT2D eigenvalue weighted by molar-refractivity contribution is -0.145. The highest BCUT2D eigenvalue weighted by molar-refractivity contribution is 6.31. The number of carbonyl (C=O) groups excluding carboxylic acids is 2. The molecule has 2 aliphatic carbocycles. The molecule has 22 heavy (non-hydrogen) atoms. The molecule has 1 aliphatic heterocycles. The van der Waals surface area contributed by atoms with Crippen LogP contribution in [0.4, 0.5) is 5.69 Å². The van der Waals surface area contributed by atoms with Gasteiger partial charge in [-0.05, 0) is 37.0 Å². The van der Waals surface area contributed by atoms with Gasteiger partial charge < -0.3 is 14.8 Å². The molecule has 1 amide bonds. The Bertz CT molecular complexity index is 660. The Morgan fingerprint density at radius 3 is 3.00 bits per heavy atom. The van der Waals surface area contributed by atoms with Crippen LogP contribution < -0.4 is 10.1 Å². The number of nitrogens with one attached hydrogen (secondary N) is 1. The zero-order valence-corrected chi connectivity index (χ0v) is 12.8. The third-order valence-corrected chi connectivity index (χ3v) is 5.44. The van der Waals surface area contributed by atoms with Crippen molar-refractivity contribution >= 4 is 29.2 Å². The second kappa shape index (κ2) is 4.88. The average Bonchev–Trinajstić information content (AvgIpc) is 3.08. The molecule has 2 bridgehead atoms. The number of amides is 1. The largest absolute Gasteiger partial charge is 0.495 e. The van der Waals surface area contributed by atoms with E-state index in [4.69, 9.17) is 21.1 Å². The molecule has 1 N–H and O–H groups in total. The molecule has 116 valence electrons. The molecule has 1 aromatic carbocycles. The Hall–Kier alpha value is -1.75. The summed E-state index contributed by atoms with van der Waals surface area (Å²) in [7, 11) is 1.54. The van der Waals surface area contributed by atoms with E-state index in [-0.39, 0.29) is 41.7 Å². The molecule has 5 nitrogen and oxygen atoms in total. The molecule has 6 heteroatoms. The Morgan fingerprint density at radius 1 is 1.41 bits per heavy atom. The first-order valence-corrected chi connectivity index (χ1v) is 7.81. The van der Waals surface area contributed by atoms with Crippen LogP contribution in [0.25, 0.3) is 0 Å². The van der Waals surface area contributed by atoms with Gasteiger partial charge in [0.1, 0.15) is 11.9 Å². The van der Waals surface area contributed by atoms with Gasteiger partial charge in [-0.25, -0.2) is 0 Å². The Balaban J connectivity index is 1.59. The van der Waals surface area contributed by atoms with E-state index in [1.54, 1.807) is 18.2 Å². The van der Waals surface area contributed by atoms with Crippen molar-refractivity contribution in [2.45, 2.75) is 18.9 Å². The molecule has 0 aromatic heterocycles. The predicted molar refractivity (Wildman–Crippen MR) is 79.7 cm³/mol. The summed E-state index contributed by atoms with van der Waals surface area (Å²) in [5, 5.41) is 3.39. The van der Waals surface area contributed by atoms with Gasteiger partial charge in [0.25, 0.3) is 0 Å². The Labute approximate surface area is 132 Å². The van der Waals surface area contributed by atoms with Crippen LogP contribution in [0.2, 0.25) is 5.02 Å². The zero-order valence-electron chi connectivity index (χ0n) is 12.0. The topological polar surface area (TPSA) is 64.6 Å². The van der Waals surface area contributed by atoms with E-state index in [0.29, 0.717) is 16.5 Å². The van der Waals surface area contributed by atoms with Gasteiger partial charge in [0.15, 0.2) is 0 Å². The number of methoxy groups -OCH3 is 1. The van der Waals surface area contributed by atoms with Crippen molar-refractivity contribution in [2.75, 3.05) is 12.4 Å². The lowest BCUT2D eigenvalue weighted by Crippen LogP contribution is -2.35. The molecule has 1 heterocycles. The molecule has 0 radical (unpaired) electrons. The SMILES string of the molecule is COc1ccc(Cl)cc1NC(=O)[C@@H]1[C@@H]2C[C@@H]3[C@H]1C(=O)O[C@@H]3C2. The van der Waals surface area contributed by atoms with Gasteiger partial charge in [0, 0.05) is 10.9 Å². The molecule has 2 saturated carbocycles. The van der Waals surface area contributed by atoms with Crippen LogP contribution in [0.5, 0.6) is 5.75 Å². The summed E-state index contributed by atoms with van der Waals surface area (Å²) >= 11 is 5.98. The van der Waals surface area contributed by atoms with Gasteiger partial charge in [-0.2, -0.15) is 0 Å². The molecular weight excluding hydrogens is 306 g/mol. The monoisotopic (exact) mass is 321 g/mol. The van der Waals surface area contributed by atoms with Crippen LogP contribution >= 0.6 is 11.6 Å². The van der Waals surface area contributed by atoms with Crippen LogP contribution in [0.15, 0.2) is 18.2 Å². The molecule has 5 atom stereocenters. The fraction of sp³-hybridized carbons (Fsp3) is 0.500. The first-order chi connectivity index (χ1) is 10.6. The predicted octanol–water partition coefficient (Wildman–Crippen LogP) is 2.48. The summed E-state index contributed by atoms with van der Waals surface area (Å²) in [6.07, 6.45) is 1.75. The average molecular weight is 322 g/mol. The van der Waals surface area contributed by atoms with Crippen LogP contribution in [0.1, 0.15) is 12.8 Å². The number of carbonyl (C=O) groups is 2. The van der Waals surface area contributed by atoms with Gasteiger partial charge >= 0.3 is 5.97 Å². The lowest BCUT2D eigenvalue weighted by Gasteiger charge is -2.24. The van der Waals surface area contributed by atoms with Crippen molar-refractivity contribution in [3.05, 3.63) is 23.2 Å². The highest BCUT2D eigenvalue weighted by Crippen LogP contribution is 2.57. The Kier molecular flexibility index (Phi) is 3.08. The third-order valence-electron chi connectivity index (χ3n) is 5.21. The fourth-order valence-electron chi connectivity index (χ4n) is 4.36. The van der Waals surface area contributed by atoms with Crippen molar-refractivity contribution in [2.24, 2.45) is 23.7 Å². The number of fused-ring (bicyclic) bond motifs is 1. The molecule has 3 fully saturated rings. The lowest BCUT2D eigenvalue weighted by atomic mass is 9.79.